The monoisotopic (exact) mass is 295 g/mol. The fraction of sp³-hybridized carbons (Fsp3) is 0.400. The van der Waals surface area contributed by atoms with Crippen molar-refractivity contribution in [1.82, 2.24) is 5.32 Å². The van der Waals surface area contributed by atoms with Crippen LogP contribution in [0.15, 0.2) is 29.6 Å². The Hall–Kier alpha value is -1.06. The summed E-state index contributed by atoms with van der Waals surface area (Å²) in [6.07, 6.45) is 2.02. The first kappa shape index (κ1) is 14.4. The van der Waals surface area contributed by atoms with E-state index in [9.17, 15) is 4.79 Å². The van der Waals surface area contributed by atoms with Crippen molar-refractivity contribution in [2.24, 2.45) is 5.92 Å². The van der Waals surface area contributed by atoms with Crippen LogP contribution in [-0.2, 0) is 0 Å². The van der Waals surface area contributed by atoms with Crippen LogP contribution in [0.3, 0.4) is 0 Å². The molecule has 19 heavy (non-hydrogen) atoms. The number of carbonyl (C=O) groups excluding carboxylic acids is 1. The first-order valence-corrected chi connectivity index (χ1v) is 7.94. The van der Waals surface area contributed by atoms with Gasteiger partial charge >= 0.3 is 0 Å². The number of fused-ring (bicyclic) bond motifs is 1. The van der Waals surface area contributed by atoms with Crippen LogP contribution in [0.1, 0.15) is 30.1 Å². The maximum absolute atomic E-state index is 12.1. The molecular weight excluding hydrogens is 278 g/mol. The predicted molar refractivity (Wildman–Crippen MR) is 83.3 cm³/mol. The minimum Gasteiger partial charge on any atom is -0.352 e. The van der Waals surface area contributed by atoms with E-state index in [0.717, 1.165) is 28.5 Å². The highest BCUT2D eigenvalue weighted by molar-refractivity contribution is 7.17. The molecule has 1 N–H and O–H groups in total. The van der Waals surface area contributed by atoms with Gasteiger partial charge in [0.15, 0.2) is 0 Å². The molecule has 1 heterocycles. The number of carbonyl (C=O) groups is 1. The van der Waals surface area contributed by atoms with Crippen LogP contribution < -0.4 is 5.32 Å². The lowest BCUT2D eigenvalue weighted by Gasteiger charge is -2.08. The molecule has 0 bridgehead atoms. The molecule has 1 unspecified atom stereocenters. The summed E-state index contributed by atoms with van der Waals surface area (Å²) >= 11 is 7.37. The molecule has 2 nitrogen and oxygen atoms in total. The molecule has 0 aliphatic rings. The van der Waals surface area contributed by atoms with E-state index in [1.807, 2.05) is 29.6 Å². The zero-order chi connectivity index (χ0) is 13.7. The van der Waals surface area contributed by atoms with Crippen molar-refractivity contribution in [3.63, 3.8) is 0 Å². The molecule has 4 heteroatoms. The van der Waals surface area contributed by atoms with E-state index in [1.165, 1.54) is 0 Å². The van der Waals surface area contributed by atoms with Gasteiger partial charge in [0.1, 0.15) is 0 Å². The summed E-state index contributed by atoms with van der Waals surface area (Å²) in [5, 5.41) is 5.95. The van der Waals surface area contributed by atoms with Crippen molar-refractivity contribution in [3.8, 4) is 0 Å². The second kappa shape index (κ2) is 6.92. The van der Waals surface area contributed by atoms with E-state index in [2.05, 4.69) is 12.2 Å². The maximum atomic E-state index is 12.1. The van der Waals surface area contributed by atoms with Crippen LogP contribution in [0.5, 0.6) is 0 Å². The number of benzene rings is 1. The summed E-state index contributed by atoms with van der Waals surface area (Å²) in [5.74, 6) is 1.22. The topological polar surface area (TPSA) is 29.1 Å². The van der Waals surface area contributed by atoms with Crippen LogP contribution in [0.4, 0.5) is 0 Å². The highest BCUT2D eigenvalue weighted by atomic mass is 35.5. The molecule has 0 fully saturated rings. The van der Waals surface area contributed by atoms with Crippen molar-refractivity contribution >= 4 is 38.9 Å². The van der Waals surface area contributed by atoms with Gasteiger partial charge in [0, 0.05) is 27.9 Å². The van der Waals surface area contributed by atoms with Crippen LogP contribution >= 0.6 is 22.9 Å². The predicted octanol–water partition coefficient (Wildman–Crippen LogP) is 4.29. The van der Waals surface area contributed by atoms with Gasteiger partial charge in [-0.3, -0.25) is 4.79 Å². The van der Waals surface area contributed by atoms with Gasteiger partial charge < -0.3 is 5.32 Å². The number of rotatable bonds is 6. The normalized spacial score (nSPS) is 12.5. The number of amides is 1. The van der Waals surface area contributed by atoms with E-state index in [4.69, 9.17) is 11.6 Å². The fourth-order valence-electron chi connectivity index (χ4n) is 1.98. The lowest BCUT2D eigenvalue weighted by molar-refractivity contribution is 0.0954. The highest BCUT2D eigenvalue weighted by Gasteiger charge is 2.11. The minimum absolute atomic E-state index is 0.0241. The molecule has 2 aromatic rings. The molecule has 0 spiro atoms. The first-order chi connectivity index (χ1) is 9.22. The van der Waals surface area contributed by atoms with Gasteiger partial charge in [-0.15, -0.1) is 22.9 Å². The molecule has 102 valence electrons. The van der Waals surface area contributed by atoms with Gasteiger partial charge in [-0.2, -0.15) is 0 Å². The molecule has 1 aromatic heterocycles. The van der Waals surface area contributed by atoms with Gasteiger partial charge in [0.05, 0.1) is 5.56 Å². The van der Waals surface area contributed by atoms with Crippen molar-refractivity contribution in [1.29, 1.82) is 0 Å². The standard InChI is InChI=1S/C15H18ClNOS/c1-11(9-16)5-4-8-17-15(18)13-10-19-14-7-3-2-6-12(13)14/h2-3,6-7,10-11H,4-5,8-9H2,1H3,(H,17,18). The first-order valence-electron chi connectivity index (χ1n) is 6.52. The fourth-order valence-corrected chi connectivity index (χ4v) is 3.07. The Balaban J connectivity index is 1.90. The molecule has 0 aliphatic carbocycles. The number of hydrogen-bond acceptors (Lipinski definition) is 2. The Kier molecular flexibility index (Phi) is 5.23. The number of hydrogen-bond donors (Lipinski definition) is 1. The zero-order valence-corrected chi connectivity index (χ0v) is 12.6. The van der Waals surface area contributed by atoms with Gasteiger partial charge in [-0.1, -0.05) is 25.1 Å². The van der Waals surface area contributed by atoms with E-state index in [1.54, 1.807) is 11.3 Å². The molecule has 1 aromatic carbocycles. The summed E-state index contributed by atoms with van der Waals surface area (Å²) < 4.78 is 1.16. The second-order valence-corrected chi connectivity index (χ2v) is 6.02. The molecule has 1 atom stereocenters. The second-order valence-electron chi connectivity index (χ2n) is 4.80. The SMILES string of the molecule is CC(CCl)CCCNC(=O)c1csc2ccccc12. The van der Waals surface area contributed by atoms with Crippen molar-refractivity contribution in [3.05, 3.63) is 35.2 Å². The van der Waals surface area contributed by atoms with E-state index in [0.29, 0.717) is 18.3 Å². The Morgan fingerprint density at radius 1 is 1.42 bits per heavy atom. The number of alkyl halides is 1. The number of nitrogens with one attached hydrogen (secondary N) is 1. The minimum atomic E-state index is 0.0241. The lowest BCUT2D eigenvalue weighted by atomic mass is 10.1. The summed E-state index contributed by atoms with van der Waals surface area (Å²) in [6.45, 7) is 2.84. The number of halogens is 1. The van der Waals surface area contributed by atoms with Gasteiger partial charge in [-0.25, -0.2) is 0 Å². The lowest BCUT2D eigenvalue weighted by Crippen LogP contribution is -2.24. The van der Waals surface area contributed by atoms with E-state index < -0.39 is 0 Å². The summed E-state index contributed by atoms with van der Waals surface area (Å²) in [5.41, 5.74) is 0.783. The quantitative estimate of drug-likeness (QED) is 0.625. The molecule has 0 aliphatic heterocycles. The van der Waals surface area contributed by atoms with Crippen LogP contribution in [0.2, 0.25) is 0 Å². The Morgan fingerprint density at radius 3 is 3.00 bits per heavy atom. The molecule has 0 saturated carbocycles. The van der Waals surface area contributed by atoms with E-state index >= 15 is 0 Å². The molecule has 1 amide bonds. The Morgan fingerprint density at radius 2 is 2.21 bits per heavy atom. The molecule has 0 saturated heterocycles. The van der Waals surface area contributed by atoms with Crippen molar-refractivity contribution in [2.75, 3.05) is 12.4 Å². The molecule has 2 rings (SSSR count). The number of thiophene rings is 1. The molecular formula is C15H18ClNOS. The largest absolute Gasteiger partial charge is 0.352 e. The van der Waals surface area contributed by atoms with Crippen LogP contribution in [0, 0.1) is 5.92 Å². The summed E-state index contributed by atoms with van der Waals surface area (Å²) in [7, 11) is 0. The van der Waals surface area contributed by atoms with Crippen molar-refractivity contribution < 1.29 is 4.79 Å². The summed E-state index contributed by atoms with van der Waals surface area (Å²) in [6, 6.07) is 8.00. The highest BCUT2D eigenvalue weighted by Crippen LogP contribution is 2.25. The van der Waals surface area contributed by atoms with Crippen LogP contribution in [0.25, 0.3) is 10.1 Å². The third-order valence-corrected chi connectivity index (χ3v) is 4.64. The smallest absolute Gasteiger partial charge is 0.252 e. The summed E-state index contributed by atoms with van der Waals surface area (Å²) in [4.78, 5) is 12.1. The third kappa shape index (κ3) is 3.71. The zero-order valence-electron chi connectivity index (χ0n) is 11.0. The van der Waals surface area contributed by atoms with Crippen molar-refractivity contribution in [2.45, 2.75) is 19.8 Å². The van der Waals surface area contributed by atoms with Crippen LogP contribution in [-0.4, -0.2) is 18.3 Å². The van der Waals surface area contributed by atoms with Gasteiger partial charge in [0.25, 0.3) is 5.91 Å². The average Bonchev–Trinajstić information content (AvgIpc) is 2.87. The van der Waals surface area contributed by atoms with Gasteiger partial charge in [-0.05, 0) is 24.8 Å². The Labute approximate surface area is 122 Å². The van der Waals surface area contributed by atoms with Gasteiger partial charge in [0.2, 0.25) is 0 Å². The maximum Gasteiger partial charge on any atom is 0.252 e. The average molecular weight is 296 g/mol. The van der Waals surface area contributed by atoms with E-state index in [-0.39, 0.29) is 5.91 Å². The molecule has 0 radical (unpaired) electrons. The Bertz CT molecular complexity index is 552. The third-order valence-electron chi connectivity index (χ3n) is 3.15.